The molecule has 14 heavy (non-hydrogen) atoms. The third-order valence-corrected chi connectivity index (χ3v) is 1.77. The smallest absolute Gasteiger partial charge is 0.478 e. The summed E-state index contributed by atoms with van der Waals surface area (Å²) in [5.74, 6) is -1.02. The molecular weight excluding hydrogens is 254 g/mol. The van der Waals surface area contributed by atoms with Crippen LogP contribution in [0.3, 0.4) is 0 Å². The van der Waals surface area contributed by atoms with Crippen molar-refractivity contribution in [2.24, 2.45) is 0 Å². The maximum absolute atomic E-state index is 10.6. The first-order valence-electron chi connectivity index (χ1n) is 3.80. The van der Waals surface area contributed by atoms with Gasteiger partial charge in [0.25, 0.3) is 0 Å². The van der Waals surface area contributed by atoms with Gasteiger partial charge >= 0.3 is 64.2 Å². The Labute approximate surface area is 130 Å². The quantitative estimate of drug-likeness (QED) is 0.657. The van der Waals surface area contributed by atoms with Crippen LogP contribution in [-0.4, -0.2) is 16.1 Å². The monoisotopic (exact) mass is 260 g/mol. The summed E-state index contributed by atoms with van der Waals surface area (Å²) in [7, 11) is 0. The van der Waals surface area contributed by atoms with Gasteiger partial charge < -0.3 is 15.1 Å². The predicted octanol–water partition coefficient (Wildman–Crippen LogP) is -1.80. The van der Waals surface area contributed by atoms with Gasteiger partial charge in [0.15, 0.2) is 0 Å². The molecule has 1 N–H and O–H groups in total. The molecule has 0 saturated heterocycles. The van der Waals surface area contributed by atoms with Gasteiger partial charge in [0.05, 0.1) is 0 Å². The summed E-state index contributed by atoms with van der Waals surface area (Å²) in [5, 5.41) is 9.44. The molecule has 66 valence electrons. The summed E-state index contributed by atoms with van der Waals surface area (Å²) in [6.45, 7) is 1.90. The summed E-state index contributed by atoms with van der Waals surface area (Å²) >= 11 is 0. The van der Waals surface area contributed by atoms with Crippen molar-refractivity contribution in [3.63, 3.8) is 0 Å². The predicted molar refractivity (Wildman–Crippen MR) is 46.8 cm³/mol. The Morgan fingerprint density at radius 1 is 1.50 bits per heavy atom. The van der Waals surface area contributed by atoms with Gasteiger partial charge in [-0.1, -0.05) is 23.5 Å². The molecule has 0 atom stereocenters. The van der Waals surface area contributed by atoms with Gasteiger partial charge in [-0.2, -0.15) is 0 Å². The number of hydrogen-bond donors (Lipinski definition) is 1. The molecule has 0 spiro atoms. The van der Waals surface area contributed by atoms with Crippen molar-refractivity contribution in [1.82, 2.24) is 9.97 Å². The summed E-state index contributed by atoms with van der Waals surface area (Å²) < 4.78 is 0. The van der Waals surface area contributed by atoms with E-state index in [1.54, 1.807) is 6.20 Å². The van der Waals surface area contributed by atoms with Crippen molar-refractivity contribution >= 4 is 17.0 Å². The van der Waals surface area contributed by atoms with E-state index in [1.807, 2.05) is 13.0 Å². The van der Waals surface area contributed by atoms with Crippen molar-refractivity contribution in [3.8, 4) is 0 Å². The normalized spacial score (nSPS) is 9.79. The Kier molecular flexibility index (Phi) is 4.00. The Morgan fingerprint density at radius 3 is 2.86 bits per heavy atom. The fraction of sp³-hybridized carbons (Fsp3) is 0.111. The van der Waals surface area contributed by atoms with E-state index in [0.29, 0.717) is 5.65 Å². The van der Waals surface area contributed by atoms with Gasteiger partial charge in [0, 0.05) is 5.69 Å². The minimum atomic E-state index is -1.02. The second-order valence-corrected chi connectivity index (χ2v) is 2.87. The van der Waals surface area contributed by atoms with Gasteiger partial charge in [-0.05, 0) is 18.4 Å². The third kappa shape index (κ3) is 2.31. The van der Waals surface area contributed by atoms with Crippen LogP contribution in [0.2, 0.25) is 0 Å². The summed E-state index contributed by atoms with van der Waals surface area (Å²) in [4.78, 5) is 18.4. The van der Waals surface area contributed by atoms with Crippen LogP contribution in [-0.2, 0) is 0 Å². The minimum Gasteiger partial charge on any atom is -0.478 e. The van der Waals surface area contributed by atoms with Crippen LogP contribution in [0.4, 0.5) is 0 Å². The molecule has 2 aromatic rings. The maximum Gasteiger partial charge on any atom is 1.00 e. The number of aromatic carboxylic acids is 1. The molecule has 5 heteroatoms. The van der Waals surface area contributed by atoms with Gasteiger partial charge in [-0.15, -0.1) is 0 Å². The van der Waals surface area contributed by atoms with Crippen LogP contribution in [0.5, 0.6) is 0 Å². The van der Waals surface area contributed by atoms with Crippen LogP contribution >= 0.6 is 0 Å². The summed E-state index contributed by atoms with van der Waals surface area (Å²) in [5.41, 5.74) is 1.54. The summed E-state index contributed by atoms with van der Waals surface area (Å²) in [6, 6.07) is 3.39. The second-order valence-electron chi connectivity index (χ2n) is 2.87. The molecule has 4 nitrogen and oxygen atoms in total. The van der Waals surface area contributed by atoms with Crippen molar-refractivity contribution in [3.05, 3.63) is 29.6 Å². The number of rotatable bonds is 1. The Hall–Kier alpha value is -0.0348. The topological polar surface area (TPSA) is 64.3 Å². The molecule has 0 unspecified atom stereocenters. The van der Waals surface area contributed by atoms with Crippen molar-refractivity contribution < 1.29 is 68.1 Å². The zero-order valence-electron chi connectivity index (χ0n) is 7.98. The molecule has 0 fully saturated rings. The van der Waals surface area contributed by atoms with E-state index >= 15 is 0 Å². The molecule has 0 amide bonds. The molecule has 0 aliphatic rings. The van der Waals surface area contributed by atoms with Crippen molar-refractivity contribution in [2.45, 2.75) is 6.92 Å². The van der Waals surface area contributed by atoms with Crippen LogP contribution < -0.4 is 63.2 Å². The number of nitrogens with zero attached hydrogens (tertiary/aromatic N) is 2. The molecule has 2 aromatic heterocycles. The molecule has 2 rings (SSSR count). The number of fused-ring (bicyclic) bond motifs is 1. The van der Waals surface area contributed by atoms with Gasteiger partial charge in [-0.3, -0.25) is 0 Å². The molecule has 2 heterocycles. The standard InChI is InChI=1S/C9H8N2O2.Rb/c1-5-2-6-3-7(9(12)13)11-8(6)10-4-5;/h2-4H,1H3,(H2,10,11,12,13);/q;+1/p-1. The molecule has 0 aromatic carbocycles. The zero-order valence-corrected chi connectivity index (χ0v) is 12.9. The van der Waals surface area contributed by atoms with Gasteiger partial charge in [0.2, 0.25) is 0 Å². The average molecular weight is 261 g/mol. The average Bonchev–Trinajstić information content (AvgIpc) is 2.46. The van der Waals surface area contributed by atoms with Crippen molar-refractivity contribution in [2.75, 3.05) is 0 Å². The fourth-order valence-corrected chi connectivity index (χ4v) is 1.19. The first-order chi connectivity index (χ1) is 6.16. The fourth-order valence-electron chi connectivity index (χ4n) is 1.19. The van der Waals surface area contributed by atoms with E-state index in [4.69, 9.17) is 5.11 Å². The first-order valence-corrected chi connectivity index (χ1v) is 3.80. The number of carboxylic acids is 1. The Balaban J connectivity index is 0.000000980. The molecule has 0 saturated carbocycles. The number of hydrogen-bond acceptors (Lipinski definition) is 2. The van der Waals surface area contributed by atoms with E-state index in [9.17, 15) is 4.79 Å². The number of aromatic nitrogens is 2. The second kappa shape index (κ2) is 4.66. The molecule has 0 aliphatic carbocycles. The van der Waals surface area contributed by atoms with Gasteiger partial charge in [0.1, 0.15) is 0 Å². The van der Waals surface area contributed by atoms with E-state index < -0.39 is 5.97 Å². The van der Waals surface area contributed by atoms with Crippen molar-refractivity contribution in [1.29, 1.82) is 0 Å². The zero-order chi connectivity index (χ0) is 9.42. The van der Waals surface area contributed by atoms with Crippen LogP contribution in [0, 0.1) is 6.92 Å². The molecular formula is C9H7N2O2Rb. The van der Waals surface area contributed by atoms with E-state index in [0.717, 1.165) is 10.9 Å². The summed E-state index contributed by atoms with van der Waals surface area (Å²) in [6.07, 6.45) is 1.67. The van der Waals surface area contributed by atoms with Crippen LogP contribution in [0.15, 0.2) is 18.3 Å². The van der Waals surface area contributed by atoms with Crippen LogP contribution in [0.25, 0.3) is 11.0 Å². The van der Waals surface area contributed by atoms with E-state index in [2.05, 4.69) is 9.97 Å². The van der Waals surface area contributed by atoms with Crippen LogP contribution in [0.1, 0.15) is 16.1 Å². The molecule has 0 aliphatic heterocycles. The Morgan fingerprint density at radius 2 is 2.21 bits per heavy atom. The largest absolute Gasteiger partial charge is 1.00 e. The van der Waals surface area contributed by atoms with Gasteiger partial charge in [-0.25, -0.2) is 4.79 Å². The van der Waals surface area contributed by atoms with E-state index in [-0.39, 0.29) is 63.9 Å². The number of carboxylic acid groups (broad SMARTS) is 1. The number of aryl methyl sites for hydroxylation is 1. The SMILES string of the molecule is Cc1cnc2[n-]c(C(=O)O)cc2c1.[Rb+]. The van der Waals surface area contributed by atoms with E-state index in [1.165, 1.54) is 6.07 Å². The first kappa shape index (κ1) is 12.0. The molecule has 0 bridgehead atoms. The number of pyridine rings is 1. The maximum atomic E-state index is 10.6. The molecule has 0 radical (unpaired) electrons. The minimum absolute atomic E-state index is 0. The number of carbonyl (C=O) groups is 1. The Bertz CT molecular complexity index is 479. The third-order valence-electron chi connectivity index (χ3n) is 1.77.